The normalized spacial score (nSPS) is 10.3. The van der Waals surface area contributed by atoms with Crippen LogP contribution in [0.5, 0.6) is 11.6 Å². The summed E-state index contributed by atoms with van der Waals surface area (Å²) in [5.41, 5.74) is 6.94. The second-order valence-corrected chi connectivity index (χ2v) is 4.42. The molecule has 0 saturated carbocycles. The molecule has 2 aromatic rings. The highest BCUT2D eigenvalue weighted by molar-refractivity contribution is 9.10. The summed E-state index contributed by atoms with van der Waals surface area (Å²) in [6.45, 7) is 1.83. The highest BCUT2D eigenvalue weighted by atomic mass is 79.9. The Bertz CT molecular complexity index is 560. The van der Waals surface area contributed by atoms with Crippen molar-refractivity contribution in [3.05, 3.63) is 46.3 Å². The molecule has 0 bridgehead atoms. The number of hydrogen-bond donors (Lipinski definition) is 1. The Hall–Kier alpha value is -1.62. The van der Waals surface area contributed by atoms with Crippen molar-refractivity contribution >= 4 is 21.6 Å². The van der Waals surface area contributed by atoms with Gasteiger partial charge < -0.3 is 10.5 Å². The van der Waals surface area contributed by atoms with Crippen LogP contribution in [0.1, 0.15) is 5.56 Å². The van der Waals surface area contributed by atoms with Crippen LogP contribution in [0, 0.1) is 12.7 Å². The second kappa shape index (κ2) is 4.71. The van der Waals surface area contributed by atoms with E-state index >= 15 is 0 Å². The second-order valence-electron chi connectivity index (χ2n) is 3.57. The number of ether oxygens (including phenoxy) is 1. The van der Waals surface area contributed by atoms with Crippen LogP contribution in [0.25, 0.3) is 0 Å². The highest BCUT2D eigenvalue weighted by Gasteiger charge is 2.07. The minimum Gasteiger partial charge on any atom is -0.437 e. The molecule has 0 spiro atoms. The molecule has 0 aliphatic heterocycles. The first-order chi connectivity index (χ1) is 8.06. The van der Waals surface area contributed by atoms with E-state index in [1.807, 2.05) is 6.92 Å². The van der Waals surface area contributed by atoms with Crippen LogP contribution in [0.4, 0.5) is 10.1 Å². The molecule has 2 N–H and O–H groups in total. The average Bonchev–Trinajstić information content (AvgIpc) is 2.27. The van der Waals surface area contributed by atoms with Crippen LogP contribution in [0.2, 0.25) is 0 Å². The quantitative estimate of drug-likeness (QED) is 0.920. The van der Waals surface area contributed by atoms with Crippen molar-refractivity contribution in [1.82, 2.24) is 4.98 Å². The Kier molecular flexibility index (Phi) is 3.28. The zero-order chi connectivity index (χ0) is 12.4. The SMILES string of the molecule is Cc1cc(N)cnc1Oc1cc(F)ccc1Br. The van der Waals surface area contributed by atoms with Gasteiger partial charge in [-0.3, -0.25) is 0 Å². The van der Waals surface area contributed by atoms with Gasteiger partial charge in [0, 0.05) is 11.6 Å². The van der Waals surface area contributed by atoms with Crippen molar-refractivity contribution in [3.8, 4) is 11.6 Å². The molecule has 0 atom stereocenters. The van der Waals surface area contributed by atoms with E-state index in [-0.39, 0.29) is 5.82 Å². The summed E-state index contributed by atoms with van der Waals surface area (Å²) < 4.78 is 19.3. The molecule has 0 saturated heterocycles. The molecular weight excluding hydrogens is 287 g/mol. The summed E-state index contributed by atoms with van der Waals surface area (Å²) in [5, 5.41) is 0. The summed E-state index contributed by atoms with van der Waals surface area (Å²) in [4.78, 5) is 4.05. The number of nitrogens with two attached hydrogens (primary N) is 1. The van der Waals surface area contributed by atoms with Gasteiger partial charge in [0.15, 0.2) is 0 Å². The number of nitrogens with zero attached hydrogens (tertiary/aromatic N) is 1. The van der Waals surface area contributed by atoms with Gasteiger partial charge in [0.05, 0.1) is 16.4 Å². The van der Waals surface area contributed by atoms with E-state index in [0.29, 0.717) is 21.8 Å². The van der Waals surface area contributed by atoms with Crippen molar-refractivity contribution in [2.75, 3.05) is 5.73 Å². The Morgan fingerprint density at radius 1 is 1.35 bits per heavy atom. The van der Waals surface area contributed by atoms with Crippen LogP contribution < -0.4 is 10.5 Å². The molecule has 0 aliphatic rings. The van der Waals surface area contributed by atoms with E-state index in [0.717, 1.165) is 5.56 Å². The fourth-order valence-corrected chi connectivity index (χ4v) is 1.68. The monoisotopic (exact) mass is 296 g/mol. The van der Waals surface area contributed by atoms with Gasteiger partial charge in [0.2, 0.25) is 5.88 Å². The third-order valence-electron chi connectivity index (χ3n) is 2.15. The van der Waals surface area contributed by atoms with Crippen molar-refractivity contribution in [1.29, 1.82) is 0 Å². The third-order valence-corrected chi connectivity index (χ3v) is 2.81. The van der Waals surface area contributed by atoms with E-state index < -0.39 is 0 Å². The van der Waals surface area contributed by atoms with E-state index in [1.54, 1.807) is 12.1 Å². The smallest absolute Gasteiger partial charge is 0.222 e. The predicted octanol–water partition coefficient (Wildman–Crippen LogP) is 3.67. The predicted molar refractivity (Wildman–Crippen MR) is 67.6 cm³/mol. The number of anilines is 1. The fraction of sp³-hybridized carbons (Fsp3) is 0.0833. The number of nitrogen functional groups attached to an aromatic ring is 1. The van der Waals surface area contributed by atoms with Crippen LogP contribution in [0.3, 0.4) is 0 Å². The zero-order valence-electron chi connectivity index (χ0n) is 9.08. The topological polar surface area (TPSA) is 48.1 Å². The number of benzene rings is 1. The van der Waals surface area contributed by atoms with Gasteiger partial charge >= 0.3 is 0 Å². The lowest BCUT2D eigenvalue weighted by molar-refractivity contribution is 0.451. The molecule has 0 fully saturated rings. The molecule has 2 rings (SSSR count). The molecule has 5 heteroatoms. The van der Waals surface area contributed by atoms with Crippen molar-refractivity contribution < 1.29 is 9.13 Å². The fourth-order valence-electron chi connectivity index (χ4n) is 1.35. The van der Waals surface area contributed by atoms with Gasteiger partial charge in [-0.2, -0.15) is 0 Å². The molecule has 0 radical (unpaired) electrons. The first-order valence-electron chi connectivity index (χ1n) is 4.91. The lowest BCUT2D eigenvalue weighted by atomic mass is 10.3. The maximum absolute atomic E-state index is 13.1. The zero-order valence-corrected chi connectivity index (χ0v) is 10.7. The lowest BCUT2D eigenvalue weighted by Gasteiger charge is -2.09. The summed E-state index contributed by atoms with van der Waals surface area (Å²) in [5.74, 6) is 0.423. The van der Waals surface area contributed by atoms with Crippen LogP contribution >= 0.6 is 15.9 Å². The molecule has 3 nitrogen and oxygen atoms in total. The number of aromatic nitrogens is 1. The van der Waals surface area contributed by atoms with Crippen LogP contribution in [-0.2, 0) is 0 Å². The molecule has 88 valence electrons. The standard InChI is InChI=1S/C12H10BrFN2O/c1-7-4-9(15)6-16-12(7)17-11-5-8(14)2-3-10(11)13/h2-6H,15H2,1H3. The Labute approximate surface area is 107 Å². The molecule has 0 unspecified atom stereocenters. The average molecular weight is 297 g/mol. The molecule has 17 heavy (non-hydrogen) atoms. The van der Waals surface area contributed by atoms with Gasteiger partial charge in [-0.1, -0.05) is 0 Å². The molecule has 1 aromatic heterocycles. The van der Waals surface area contributed by atoms with Crippen molar-refractivity contribution in [2.24, 2.45) is 0 Å². The van der Waals surface area contributed by atoms with Crippen LogP contribution in [0.15, 0.2) is 34.9 Å². The van der Waals surface area contributed by atoms with Gasteiger partial charge in [-0.05, 0) is 41.1 Å². The molecule has 0 amide bonds. The number of rotatable bonds is 2. The van der Waals surface area contributed by atoms with E-state index in [9.17, 15) is 4.39 Å². The minimum absolute atomic E-state index is 0.365. The van der Waals surface area contributed by atoms with E-state index in [4.69, 9.17) is 10.5 Å². The number of halogens is 2. The molecule has 1 aromatic carbocycles. The highest BCUT2D eigenvalue weighted by Crippen LogP contribution is 2.31. The maximum Gasteiger partial charge on any atom is 0.222 e. The molecule has 0 aliphatic carbocycles. The molecular formula is C12H10BrFN2O. The number of aryl methyl sites for hydroxylation is 1. The largest absolute Gasteiger partial charge is 0.437 e. The summed E-state index contributed by atoms with van der Waals surface area (Å²) in [6.07, 6.45) is 1.50. The van der Waals surface area contributed by atoms with Gasteiger partial charge in [-0.25, -0.2) is 9.37 Å². The molecule has 1 heterocycles. The Morgan fingerprint density at radius 3 is 2.82 bits per heavy atom. The third kappa shape index (κ3) is 2.74. The van der Waals surface area contributed by atoms with Crippen molar-refractivity contribution in [2.45, 2.75) is 6.92 Å². The van der Waals surface area contributed by atoms with Crippen LogP contribution in [-0.4, -0.2) is 4.98 Å². The van der Waals surface area contributed by atoms with E-state index in [2.05, 4.69) is 20.9 Å². The first-order valence-corrected chi connectivity index (χ1v) is 5.70. The number of pyridine rings is 1. The Balaban J connectivity index is 2.34. The lowest BCUT2D eigenvalue weighted by Crippen LogP contribution is -1.95. The van der Waals surface area contributed by atoms with Gasteiger partial charge in [0.1, 0.15) is 11.6 Å². The van der Waals surface area contributed by atoms with Gasteiger partial charge in [0.25, 0.3) is 0 Å². The maximum atomic E-state index is 13.1. The summed E-state index contributed by atoms with van der Waals surface area (Å²) >= 11 is 3.28. The Morgan fingerprint density at radius 2 is 2.12 bits per heavy atom. The van der Waals surface area contributed by atoms with E-state index in [1.165, 1.54) is 18.3 Å². The minimum atomic E-state index is -0.365. The number of hydrogen-bond acceptors (Lipinski definition) is 3. The first kappa shape index (κ1) is 11.9. The van der Waals surface area contributed by atoms with Gasteiger partial charge in [-0.15, -0.1) is 0 Å². The summed E-state index contributed by atoms with van der Waals surface area (Å²) in [6, 6.07) is 5.97. The van der Waals surface area contributed by atoms with Crippen molar-refractivity contribution in [3.63, 3.8) is 0 Å². The summed E-state index contributed by atoms with van der Waals surface area (Å²) in [7, 11) is 0.